The fourth-order valence-corrected chi connectivity index (χ4v) is 2.66. The van der Waals surface area contributed by atoms with Crippen molar-refractivity contribution in [3.63, 3.8) is 0 Å². The molecule has 122 valence electrons. The van der Waals surface area contributed by atoms with Gasteiger partial charge in [0.2, 0.25) is 0 Å². The minimum atomic E-state index is -0.434. The van der Waals surface area contributed by atoms with Crippen LogP contribution in [0.15, 0.2) is 46.6 Å². The maximum atomic E-state index is 12.4. The van der Waals surface area contributed by atoms with Crippen molar-refractivity contribution in [3.8, 4) is 11.5 Å². The molecule has 3 rings (SSSR count). The van der Waals surface area contributed by atoms with Crippen molar-refractivity contribution in [1.29, 1.82) is 0 Å². The molecule has 2 aromatic carbocycles. The standard InChI is InChI=1S/C17H13BrN2O4/c1-24-15-7-9(2-5-14(15)21)6-13-17(23)19-12-4-3-10(18)8-11(12)16(22)20-13/h2-8,21H,1H3,(H,19,23)(H,20,22). The molecule has 24 heavy (non-hydrogen) atoms. The molecule has 0 spiro atoms. The molecule has 1 heterocycles. The van der Waals surface area contributed by atoms with Gasteiger partial charge in [-0.2, -0.15) is 0 Å². The zero-order valence-electron chi connectivity index (χ0n) is 12.6. The molecule has 7 heteroatoms. The Hall–Kier alpha value is -2.80. The van der Waals surface area contributed by atoms with Gasteiger partial charge in [-0.15, -0.1) is 0 Å². The van der Waals surface area contributed by atoms with Crippen LogP contribution in [0.4, 0.5) is 5.69 Å². The molecule has 0 bridgehead atoms. The fraction of sp³-hybridized carbons (Fsp3) is 0.0588. The number of phenols is 1. The molecule has 0 aromatic heterocycles. The Morgan fingerprint density at radius 2 is 1.88 bits per heavy atom. The summed E-state index contributed by atoms with van der Waals surface area (Å²) >= 11 is 3.31. The van der Waals surface area contributed by atoms with E-state index in [-0.39, 0.29) is 23.1 Å². The maximum absolute atomic E-state index is 12.4. The summed E-state index contributed by atoms with van der Waals surface area (Å²) in [5.41, 5.74) is 1.50. The maximum Gasteiger partial charge on any atom is 0.272 e. The SMILES string of the molecule is COc1cc(C=C2NC(=O)c3cc(Br)ccc3NC2=O)ccc1O. The summed E-state index contributed by atoms with van der Waals surface area (Å²) < 4.78 is 5.78. The quantitative estimate of drug-likeness (QED) is 0.690. The Kier molecular flexibility index (Phi) is 4.26. The molecule has 6 nitrogen and oxygen atoms in total. The van der Waals surface area contributed by atoms with Crippen molar-refractivity contribution in [1.82, 2.24) is 5.32 Å². The van der Waals surface area contributed by atoms with Crippen LogP contribution in [0.25, 0.3) is 6.08 Å². The summed E-state index contributed by atoms with van der Waals surface area (Å²) in [6, 6.07) is 9.66. The van der Waals surface area contributed by atoms with Crippen LogP contribution in [0.3, 0.4) is 0 Å². The lowest BCUT2D eigenvalue weighted by atomic mass is 10.1. The van der Waals surface area contributed by atoms with Gasteiger partial charge in [0.25, 0.3) is 11.8 Å². The molecule has 0 radical (unpaired) electrons. The number of fused-ring (bicyclic) bond motifs is 1. The lowest BCUT2D eigenvalue weighted by Crippen LogP contribution is -2.26. The van der Waals surface area contributed by atoms with E-state index in [0.717, 1.165) is 4.47 Å². The average Bonchev–Trinajstić information content (AvgIpc) is 2.67. The number of hydrogen-bond donors (Lipinski definition) is 3. The Morgan fingerprint density at radius 3 is 2.62 bits per heavy atom. The van der Waals surface area contributed by atoms with Crippen LogP contribution in [0.5, 0.6) is 11.5 Å². The van der Waals surface area contributed by atoms with Gasteiger partial charge >= 0.3 is 0 Å². The summed E-state index contributed by atoms with van der Waals surface area (Å²) in [6.45, 7) is 0. The first kappa shape index (κ1) is 16.1. The fourth-order valence-electron chi connectivity index (χ4n) is 2.30. The molecule has 0 saturated carbocycles. The normalized spacial score (nSPS) is 15.3. The first-order chi connectivity index (χ1) is 11.5. The van der Waals surface area contributed by atoms with Gasteiger partial charge in [0, 0.05) is 4.47 Å². The number of carbonyl (C=O) groups excluding carboxylic acids is 2. The van der Waals surface area contributed by atoms with Crippen LogP contribution >= 0.6 is 15.9 Å². The number of hydrogen-bond acceptors (Lipinski definition) is 4. The lowest BCUT2D eigenvalue weighted by Gasteiger charge is -2.07. The van der Waals surface area contributed by atoms with E-state index in [9.17, 15) is 14.7 Å². The first-order valence-electron chi connectivity index (χ1n) is 6.99. The van der Waals surface area contributed by atoms with Gasteiger partial charge in [0.15, 0.2) is 11.5 Å². The zero-order valence-corrected chi connectivity index (χ0v) is 14.2. The summed E-state index contributed by atoms with van der Waals surface area (Å²) in [7, 11) is 1.43. The van der Waals surface area contributed by atoms with E-state index < -0.39 is 5.91 Å². The summed E-state index contributed by atoms with van der Waals surface area (Å²) in [6.07, 6.45) is 1.51. The second kappa shape index (κ2) is 6.37. The van der Waals surface area contributed by atoms with Gasteiger partial charge in [-0.1, -0.05) is 22.0 Å². The van der Waals surface area contributed by atoms with Crippen molar-refractivity contribution in [2.24, 2.45) is 0 Å². The van der Waals surface area contributed by atoms with Crippen LogP contribution in [0.1, 0.15) is 15.9 Å². The van der Waals surface area contributed by atoms with Crippen molar-refractivity contribution < 1.29 is 19.4 Å². The van der Waals surface area contributed by atoms with Crippen molar-refractivity contribution in [2.45, 2.75) is 0 Å². The molecule has 0 fully saturated rings. The highest BCUT2D eigenvalue weighted by atomic mass is 79.9. The van der Waals surface area contributed by atoms with Gasteiger partial charge in [-0.25, -0.2) is 0 Å². The number of amides is 2. The van der Waals surface area contributed by atoms with Crippen molar-refractivity contribution >= 4 is 39.5 Å². The third kappa shape index (κ3) is 3.11. The number of aromatic hydroxyl groups is 1. The topological polar surface area (TPSA) is 87.7 Å². The van der Waals surface area contributed by atoms with E-state index in [1.807, 2.05) is 0 Å². The highest BCUT2D eigenvalue weighted by Crippen LogP contribution is 2.28. The number of ether oxygens (including phenoxy) is 1. The molecule has 3 N–H and O–H groups in total. The number of halogens is 1. The summed E-state index contributed by atoms with van der Waals surface area (Å²) in [5, 5.41) is 14.9. The second-order valence-corrected chi connectivity index (χ2v) is 6.00. The number of phenolic OH excluding ortho intramolecular Hbond substituents is 1. The zero-order chi connectivity index (χ0) is 17.3. The largest absolute Gasteiger partial charge is 0.504 e. The van der Waals surface area contributed by atoms with Crippen molar-refractivity contribution in [2.75, 3.05) is 12.4 Å². The molecule has 2 aromatic rings. The van der Waals surface area contributed by atoms with E-state index in [0.29, 0.717) is 16.8 Å². The minimum absolute atomic E-state index is 0.00809. The van der Waals surface area contributed by atoms with Crippen LogP contribution in [0.2, 0.25) is 0 Å². The molecular weight excluding hydrogens is 376 g/mol. The van der Waals surface area contributed by atoms with Gasteiger partial charge in [-0.3, -0.25) is 9.59 Å². The molecule has 1 aliphatic rings. The molecule has 0 saturated heterocycles. The smallest absolute Gasteiger partial charge is 0.272 e. The van der Waals surface area contributed by atoms with Crippen LogP contribution in [-0.4, -0.2) is 24.0 Å². The number of carbonyl (C=O) groups is 2. The monoisotopic (exact) mass is 388 g/mol. The van der Waals surface area contributed by atoms with E-state index >= 15 is 0 Å². The lowest BCUT2D eigenvalue weighted by molar-refractivity contribution is -0.113. The number of benzene rings is 2. The van der Waals surface area contributed by atoms with E-state index in [1.165, 1.54) is 19.3 Å². The number of nitrogens with one attached hydrogen (secondary N) is 2. The molecule has 2 amide bonds. The molecule has 1 aliphatic heterocycles. The van der Waals surface area contributed by atoms with Gasteiger partial charge in [0.05, 0.1) is 18.4 Å². The number of rotatable bonds is 2. The third-order valence-electron chi connectivity index (χ3n) is 3.48. The number of methoxy groups -OCH3 is 1. The van der Waals surface area contributed by atoms with Gasteiger partial charge in [-0.05, 0) is 42.0 Å². The predicted octanol–water partition coefficient (Wildman–Crippen LogP) is 2.89. The van der Waals surface area contributed by atoms with E-state index in [1.54, 1.807) is 30.3 Å². The van der Waals surface area contributed by atoms with Crippen LogP contribution in [-0.2, 0) is 4.79 Å². The van der Waals surface area contributed by atoms with Crippen LogP contribution in [0, 0.1) is 0 Å². The highest BCUT2D eigenvalue weighted by molar-refractivity contribution is 9.10. The number of anilines is 1. The van der Waals surface area contributed by atoms with Gasteiger partial charge < -0.3 is 20.5 Å². The minimum Gasteiger partial charge on any atom is -0.504 e. The molecule has 0 aliphatic carbocycles. The summed E-state index contributed by atoms with van der Waals surface area (Å²) in [4.78, 5) is 24.7. The molecule has 0 unspecified atom stereocenters. The third-order valence-corrected chi connectivity index (χ3v) is 3.98. The Balaban J connectivity index is 1.98. The summed E-state index contributed by atoms with van der Waals surface area (Å²) in [5.74, 6) is -0.554. The Bertz CT molecular complexity index is 877. The van der Waals surface area contributed by atoms with Crippen LogP contribution < -0.4 is 15.4 Å². The predicted molar refractivity (Wildman–Crippen MR) is 92.9 cm³/mol. The molecule has 0 atom stereocenters. The van der Waals surface area contributed by atoms with Gasteiger partial charge in [0.1, 0.15) is 5.70 Å². The van der Waals surface area contributed by atoms with E-state index in [2.05, 4.69) is 26.6 Å². The Labute approximate surface area is 146 Å². The first-order valence-corrected chi connectivity index (χ1v) is 7.78. The van der Waals surface area contributed by atoms with E-state index in [4.69, 9.17) is 4.74 Å². The molecular formula is C17H13BrN2O4. The second-order valence-electron chi connectivity index (χ2n) is 5.09. The highest BCUT2D eigenvalue weighted by Gasteiger charge is 2.23. The Morgan fingerprint density at radius 1 is 1.08 bits per heavy atom. The average molecular weight is 389 g/mol. The van der Waals surface area contributed by atoms with Crippen molar-refractivity contribution in [3.05, 3.63) is 57.7 Å².